The van der Waals surface area contributed by atoms with Crippen molar-refractivity contribution >= 4 is 34.1 Å². The number of carbonyl (C=O) groups is 1. The van der Waals surface area contributed by atoms with Crippen molar-refractivity contribution < 1.29 is 4.79 Å². The number of thioether (sulfide) groups is 1. The molecule has 1 fully saturated rings. The van der Waals surface area contributed by atoms with Crippen LogP contribution in [0, 0.1) is 0 Å². The molecule has 2 aromatic heterocycles. The largest absolute Gasteiger partial charge is 0.296 e. The molecule has 0 unspecified atom stereocenters. The molecule has 1 aromatic carbocycles. The first-order valence-corrected chi connectivity index (χ1v) is 9.30. The molecule has 0 saturated heterocycles. The highest BCUT2D eigenvalue weighted by Crippen LogP contribution is 2.42. The van der Waals surface area contributed by atoms with E-state index >= 15 is 0 Å². The molecule has 9 heteroatoms. The summed E-state index contributed by atoms with van der Waals surface area (Å²) in [5.74, 6) is 1.00. The summed E-state index contributed by atoms with van der Waals surface area (Å²) in [5.41, 5.74) is 1.57. The minimum Gasteiger partial charge on any atom is -0.296 e. The predicted octanol–water partition coefficient (Wildman–Crippen LogP) is 3.08. The number of carbonyl (C=O) groups excluding carboxylic acids is 1. The Hall–Kier alpha value is -2.26. The van der Waals surface area contributed by atoms with Gasteiger partial charge in [0.15, 0.2) is 5.16 Å². The highest BCUT2D eigenvalue weighted by Gasteiger charge is 2.27. The number of amides is 1. The van der Waals surface area contributed by atoms with Crippen molar-refractivity contribution in [3.05, 3.63) is 46.7 Å². The lowest BCUT2D eigenvalue weighted by Gasteiger charge is -2.07. The van der Waals surface area contributed by atoms with Gasteiger partial charge in [-0.3, -0.25) is 15.2 Å². The average Bonchev–Trinajstić information content (AvgIpc) is 3.12. The smallest absolute Gasteiger partial charge is 0.257 e. The van der Waals surface area contributed by atoms with E-state index in [1.54, 1.807) is 0 Å². The van der Waals surface area contributed by atoms with Gasteiger partial charge in [-0.1, -0.05) is 41.3 Å². The Morgan fingerprint density at radius 2 is 2.21 bits per heavy atom. The van der Waals surface area contributed by atoms with Crippen LogP contribution in [0.2, 0.25) is 0 Å². The molecule has 0 bridgehead atoms. The molecule has 2 heterocycles. The normalized spacial score (nSPS) is 13.8. The molecular weight excluding hydrogens is 344 g/mol. The summed E-state index contributed by atoms with van der Waals surface area (Å²) in [6, 6.07) is 7.53. The summed E-state index contributed by atoms with van der Waals surface area (Å²) >= 11 is 2.96. The van der Waals surface area contributed by atoms with Gasteiger partial charge in [0.05, 0.1) is 0 Å². The number of hydrogen-bond acceptors (Lipinski definition) is 7. The standard InChI is InChI=1S/C15H14N6OS2/c22-12(18-15-21-19-13(24-15)9-5-6-9)11-4-2-1-3-10(11)7-23-14-16-8-17-20-14/h1-4,8-9H,5-7H2,(H,16,17,20)(H,18,21,22). The zero-order valence-corrected chi connectivity index (χ0v) is 14.2. The number of H-pyrrole nitrogens is 1. The number of nitrogens with zero attached hydrogens (tertiary/aromatic N) is 4. The summed E-state index contributed by atoms with van der Waals surface area (Å²) < 4.78 is 0. The number of benzene rings is 1. The van der Waals surface area contributed by atoms with Crippen molar-refractivity contribution in [3.8, 4) is 0 Å². The van der Waals surface area contributed by atoms with E-state index in [-0.39, 0.29) is 5.91 Å². The minimum absolute atomic E-state index is 0.165. The molecule has 0 spiro atoms. The summed E-state index contributed by atoms with van der Waals surface area (Å²) in [4.78, 5) is 16.7. The van der Waals surface area contributed by atoms with Crippen LogP contribution in [0.4, 0.5) is 5.13 Å². The molecule has 7 nitrogen and oxygen atoms in total. The SMILES string of the molecule is O=C(Nc1nnc(C2CC2)s1)c1ccccc1CSc1ncn[nH]1. The molecule has 24 heavy (non-hydrogen) atoms. The Morgan fingerprint density at radius 1 is 1.33 bits per heavy atom. The molecule has 0 aliphatic heterocycles. The van der Waals surface area contributed by atoms with Gasteiger partial charge < -0.3 is 0 Å². The zero-order valence-electron chi connectivity index (χ0n) is 12.6. The van der Waals surface area contributed by atoms with E-state index in [4.69, 9.17) is 0 Å². The third kappa shape index (κ3) is 3.46. The van der Waals surface area contributed by atoms with Crippen LogP contribution in [-0.2, 0) is 5.75 Å². The molecule has 0 atom stereocenters. The average molecular weight is 358 g/mol. The number of aromatic nitrogens is 5. The topological polar surface area (TPSA) is 96.5 Å². The molecule has 4 rings (SSSR count). The van der Waals surface area contributed by atoms with Crippen molar-refractivity contribution in [2.75, 3.05) is 5.32 Å². The van der Waals surface area contributed by atoms with E-state index in [0.29, 0.717) is 22.4 Å². The highest BCUT2D eigenvalue weighted by atomic mass is 32.2. The lowest BCUT2D eigenvalue weighted by Crippen LogP contribution is -2.13. The summed E-state index contributed by atoms with van der Waals surface area (Å²) in [6.45, 7) is 0. The summed E-state index contributed by atoms with van der Waals surface area (Å²) in [7, 11) is 0. The molecule has 1 aliphatic carbocycles. The summed E-state index contributed by atoms with van der Waals surface area (Å²) in [5, 5.41) is 20.0. The molecule has 0 radical (unpaired) electrons. The maximum Gasteiger partial charge on any atom is 0.257 e. The predicted molar refractivity (Wildman–Crippen MR) is 92.2 cm³/mol. The Bertz CT molecular complexity index is 843. The van der Waals surface area contributed by atoms with Crippen LogP contribution in [0.3, 0.4) is 0 Å². The second-order valence-corrected chi connectivity index (χ2v) is 7.38. The van der Waals surface area contributed by atoms with E-state index < -0.39 is 0 Å². The fraction of sp³-hybridized carbons (Fsp3) is 0.267. The quantitative estimate of drug-likeness (QED) is 0.657. The van der Waals surface area contributed by atoms with Crippen LogP contribution in [0.15, 0.2) is 35.7 Å². The molecule has 3 aromatic rings. The third-order valence-electron chi connectivity index (χ3n) is 3.61. The number of rotatable bonds is 6. The van der Waals surface area contributed by atoms with Gasteiger partial charge in [0.25, 0.3) is 5.91 Å². The van der Waals surface area contributed by atoms with Crippen LogP contribution >= 0.6 is 23.1 Å². The first-order valence-electron chi connectivity index (χ1n) is 7.50. The maximum atomic E-state index is 12.6. The van der Waals surface area contributed by atoms with E-state index in [1.165, 1.54) is 42.3 Å². The van der Waals surface area contributed by atoms with Crippen molar-refractivity contribution in [2.24, 2.45) is 0 Å². The number of nitrogens with one attached hydrogen (secondary N) is 2. The third-order valence-corrected chi connectivity index (χ3v) is 5.53. The van der Waals surface area contributed by atoms with Crippen LogP contribution in [-0.4, -0.2) is 31.3 Å². The van der Waals surface area contributed by atoms with Gasteiger partial charge in [0, 0.05) is 17.2 Å². The monoisotopic (exact) mass is 358 g/mol. The molecule has 122 valence electrons. The lowest BCUT2D eigenvalue weighted by molar-refractivity contribution is 0.102. The van der Waals surface area contributed by atoms with Gasteiger partial charge in [-0.15, -0.1) is 10.2 Å². The van der Waals surface area contributed by atoms with E-state index in [0.717, 1.165) is 15.7 Å². The van der Waals surface area contributed by atoms with Gasteiger partial charge in [-0.05, 0) is 24.5 Å². The van der Waals surface area contributed by atoms with Crippen LogP contribution in [0.5, 0.6) is 0 Å². The van der Waals surface area contributed by atoms with Crippen LogP contribution in [0.1, 0.15) is 39.7 Å². The molecule has 2 N–H and O–H groups in total. The van der Waals surface area contributed by atoms with Gasteiger partial charge in [-0.2, -0.15) is 5.10 Å². The Balaban J connectivity index is 1.46. The summed E-state index contributed by atoms with van der Waals surface area (Å²) in [6.07, 6.45) is 3.81. The van der Waals surface area contributed by atoms with Gasteiger partial charge in [0.1, 0.15) is 11.3 Å². The minimum atomic E-state index is -0.165. The first kappa shape index (κ1) is 15.3. The second-order valence-electron chi connectivity index (χ2n) is 5.41. The lowest BCUT2D eigenvalue weighted by atomic mass is 10.1. The van der Waals surface area contributed by atoms with E-state index in [1.807, 2.05) is 24.3 Å². The molecule has 1 aliphatic rings. The first-order chi connectivity index (χ1) is 11.8. The Labute approximate surface area is 146 Å². The Kier molecular flexibility index (Phi) is 4.26. The maximum absolute atomic E-state index is 12.6. The van der Waals surface area contributed by atoms with Gasteiger partial charge in [0.2, 0.25) is 5.13 Å². The van der Waals surface area contributed by atoms with Crippen molar-refractivity contribution in [2.45, 2.75) is 29.7 Å². The van der Waals surface area contributed by atoms with Gasteiger partial charge >= 0.3 is 0 Å². The Morgan fingerprint density at radius 3 is 3.00 bits per heavy atom. The van der Waals surface area contributed by atoms with Crippen molar-refractivity contribution in [1.82, 2.24) is 25.4 Å². The van der Waals surface area contributed by atoms with Crippen molar-refractivity contribution in [1.29, 1.82) is 0 Å². The van der Waals surface area contributed by atoms with Crippen molar-refractivity contribution in [3.63, 3.8) is 0 Å². The molecule has 1 amide bonds. The molecular formula is C15H14N6OS2. The second kappa shape index (κ2) is 6.70. The van der Waals surface area contributed by atoms with E-state index in [9.17, 15) is 4.79 Å². The number of hydrogen-bond donors (Lipinski definition) is 2. The van der Waals surface area contributed by atoms with Crippen LogP contribution < -0.4 is 5.32 Å². The van der Waals surface area contributed by atoms with Gasteiger partial charge in [-0.25, -0.2) is 4.98 Å². The fourth-order valence-corrected chi connectivity index (χ4v) is 3.91. The fourth-order valence-electron chi connectivity index (χ4n) is 2.22. The molecule has 1 saturated carbocycles. The number of aromatic amines is 1. The highest BCUT2D eigenvalue weighted by molar-refractivity contribution is 7.98. The zero-order chi connectivity index (χ0) is 16.4. The van der Waals surface area contributed by atoms with Crippen LogP contribution in [0.25, 0.3) is 0 Å². The van der Waals surface area contributed by atoms with E-state index in [2.05, 4.69) is 30.7 Å². The number of anilines is 1.